The molecule has 2 unspecified atom stereocenters. The fraction of sp³-hybridized carbons (Fsp3) is 0.316. The van der Waals surface area contributed by atoms with Gasteiger partial charge in [0.2, 0.25) is 5.91 Å². The number of nitrogens with two attached hydrogens (primary N) is 1. The minimum atomic E-state index is -4.40. The SMILES string of the molecule is CC1CC(C(N)=O)c2ccccc2N1Cc1ccccc1C(F)(F)F. The van der Waals surface area contributed by atoms with E-state index < -0.39 is 23.6 Å². The zero-order chi connectivity index (χ0) is 18.2. The van der Waals surface area contributed by atoms with Crippen molar-refractivity contribution in [3.63, 3.8) is 0 Å². The fourth-order valence-electron chi connectivity index (χ4n) is 3.51. The molecule has 0 radical (unpaired) electrons. The van der Waals surface area contributed by atoms with E-state index in [9.17, 15) is 18.0 Å². The Hall–Kier alpha value is -2.50. The van der Waals surface area contributed by atoms with E-state index in [-0.39, 0.29) is 18.2 Å². The molecule has 0 saturated heterocycles. The number of alkyl halides is 3. The highest BCUT2D eigenvalue weighted by molar-refractivity contribution is 5.85. The third kappa shape index (κ3) is 3.34. The summed E-state index contributed by atoms with van der Waals surface area (Å²) in [5, 5.41) is 0. The van der Waals surface area contributed by atoms with Crippen molar-refractivity contribution in [3.05, 3.63) is 65.2 Å². The molecule has 1 heterocycles. The summed E-state index contributed by atoms with van der Waals surface area (Å²) < 4.78 is 39.9. The number of rotatable bonds is 3. The van der Waals surface area contributed by atoms with Gasteiger partial charge in [0.1, 0.15) is 0 Å². The number of carbonyl (C=O) groups excluding carboxylic acids is 1. The number of fused-ring (bicyclic) bond motifs is 1. The van der Waals surface area contributed by atoms with Crippen LogP contribution < -0.4 is 10.6 Å². The standard InChI is InChI=1S/C19H19F3N2O/c1-12-10-15(18(23)25)14-7-3-5-9-17(14)24(12)11-13-6-2-4-8-16(13)19(20,21)22/h2-9,12,15H,10-11H2,1H3,(H2,23,25). The maximum Gasteiger partial charge on any atom is 0.416 e. The molecule has 2 atom stereocenters. The molecular weight excluding hydrogens is 329 g/mol. The highest BCUT2D eigenvalue weighted by Gasteiger charge is 2.36. The van der Waals surface area contributed by atoms with Gasteiger partial charge in [0, 0.05) is 18.3 Å². The molecule has 6 heteroatoms. The summed E-state index contributed by atoms with van der Waals surface area (Å²) >= 11 is 0. The Kier molecular flexibility index (Phi) is 4.45. The van der Waals surface area contributed by atoms with E-state index in [1.165, 1.54) is 12.1 Å². The van der Waals surface area contributed by atoms with Crippen molar-refractivity contribution in [1.29, 1.82) is 0 Å². The molecule has 0 saturated carbocycles. The second-order valence-electron chi connectivity index (χ2n) is 6.38. The molecule has 1 amide bonds. The van der Waals surface area contributed by atoms with Crippen LogP contribution in [0, 0.1) is 0 Å². The van der Waals surface area contributed by atoms with Crippen molar-refractivity contribution in [2.45, 2.75) is 38.0 Å². The summed E-state index contributed by atoms with van der Waals surface area (Å²) in [6.07, 6.45) is -3.91. The van der Waals surface area contributed by atoms with Crippen molar-refractivity contribution in [2.24, 2.45) is 5.73 Å². The third-order valence-corrected chi connectivity index (χ3v) is 4.74. The van der Waals surface area contributed by atoms with Gasteiger partial charge in [-0.05, 0) is 36.6 Å². The summed E-state index contributed by atoms with van der Waals surface area (Å²) in [5.74, 6) is -0.824. The highest BCUT2D eigenvalue weighted by atomic mass is 19.4. The van der Waals surface area contributed by atoms with Crippen LogP contribution in [0.1, 0.15) is 36.0 Å². The van der Waals surface area contributed by atoms with Crippen molar-refractivity contribution < 1.29 is 18.0 Å². The van der Waals surface area contributed by atoms with Gasteiger partial charge in [-0.25, -0.2) is 0 Å². The lowest BCUT2D eigenvalue weighted by Gasteiger charge is -2.40. The molecule has 132 valence electrons. The first-order chi connectivity index (χ1) is 11.8. The van der Waals surface area contributed by atoms with Crippen LogP contribution in [0.4, 0.5) is 18.9 Å². The molecule has 0 aromatic heterocycles. The predicted molar refractivity (Wildman–Crippen MR) is 90.1 cm³/mol. The van der Waals surface area contributed by atoms with Gasteiger partial charge >= 0.3 is 6.18 Å². The number of benzene rings is 2. The lowest BCUT2D eigenvalue weighted by Crippen LogP contribution is -2.41. The number of para-hydroxylation sites is 1. The zero-order valence-corrected chi connectivity index (χ0v) is 13.8. The zero-order valence-electron chi connectivity index (χ0n) is 13.8. The number of halogens is 3. The maximum atomic E-state index is 13.3. The Morgan fingerprint density at radius 1 is 1.16 bits per heavy atom. The molecule has 1 aliphatic rings. The lowest BCUT2D eigenvalue weighted by molar-refractivity contribution is -0.138. The number of hydrogen-bond acceptors (Lipinski definition) is 2. The summed E-state index contributed by atoms with van der Waals surface area (Å²) in [6.45, 7) is 2.03. The molecule has 0 bridgehead atoms. The Balaban J connectivity index is 2.01. The number of hydrogen-bond donors (Lipinski definition) is 1. The monoisotopic (exact) mass is 348 g/mol. The van der Waals surface area contributed by atoms with Crippen molar-refractivity contribution in [1.82, 2.24) is 0 Å². The van der Waals surface area contributed by atoms with Crippen LogP contribution in [0.5, 0.6) is 0 Å². The van der Waals surface area contributed by atoms with Gasteiger partial charge in [-0.15, -0.1) is 0 Å². The minimum absolute atomic E-state index is 0.103. The summed E-state index contributed by atoms with van der Waals surface area (Å²) in [4.78, 5) is 13.7. The van der Waals surface area contributed by atoms with E-state index >= 15 is 0 Å². The van der Waals surface area contributed by atoms with Crippen molar-refractivity contribution in [3.8, 4) is 0 Å². The lowest BCUT2D eigenvalue weighted by atomic mass is 9.85. The van der Waals surface area contributed by atoms with Gasteiger partial charge in [0.15, 0.2) is 0 Å². The van der Waals surface area contributed by atoms with Gasteiger partial charge in [-0.2, -0.15) is 13.2 Å². The number of carbonyl (C=O) groups is 1. The van der Waals surface area contributed by atoms with E-state index in [2.05, 4.69) is 0 Å². The van der Waals surface area contributed by atoms with Crippen LogP contribution in [0.3, 0.4) is 0 Å². The average molecular weight is 348 g/mol. The number of amides is 1. The van der Waals surface area contributed by atoms with E-state index in [1.54, 1.807) is 6.07 Å². The Morgan fingerprint density at radius 2 is 1.80 bits per heavy atom. The first kappa shape index (κ1) is 17.3. The molecule has 0 spiro atoms. The molecule has 0 aliphatic carbocycles. The Bertz CT molecular complexity index is 788. The van der Waals surface area contributed by atoms with E-state index in [0.717, 1.165) is 17.3 Å². The van der Waals surface area contributed by atoms with Crippen LogP contribution in [-0.4, -0.2) is 11.9 Å². The Labute approximate surface area is 144 Å². The van der Waals surface area contributed by atoms with E-state index in [0.29, 0.717) is 6.42 Å². The highest BCUT2D eigenvalue weighted by Crippen LogP contribution is 2.40. The molecule has 3 rings (SSSR count). The largest absolute Gasteiger partial charge is 0.416 e. The number of anilines is 1. The molecule has 2 aromatic rings. The van der Waals surface area contributed by atoms with Crippen molar-refractivity contribution in [2.75, 3.05) is 4.90 Å². The second kappa shape index (κ2) is 6.43. The maximum absolute atomic E-state index is 13.3. The second-order valence-corrected chi connectivity index (χ2v) is 6.38. The summed E-state index contributed by atoms with van der Waals surface area (Å²) in [6, 6.07) is 12.8. The van der Waals surface area contributed by atoms with Gasteiger partial charge < -0.3 is 10.6 Å². The first-order valence-electron chi connectivity index (χ1n) is 8.09. The third-order valence-electron chi connectivity index (χ3n) is 4.74. The van der Waals surface area contributed by atoms with Gasteiger partial charge in [-0.1, -0.05) is 36.4 Å². The Morgan fingerprint density at radius 3 is 2.48 bits per heavy atom. The molecule has 0 fully saturated rings. The van der Waals surface area contributed by atoms with Gasteiger partial charge in [0.25, 0.3) is 0 Å². The summed E-state index contributed by atoms with van der Waals surface area (Å²) in [7, 11) is 0. The number of nitrogens with zero attached hydrogens (tertiary/aromatic N) is 1. The van der Waals surface area contributed by atoms with E-state index in [4.69, 9.17) is 5.73 Å². The first-order valence-corrected chi connectivity index (χ1v) is 8.09. The summed E-state index contributed by atoms with van der Waals surface area (Å²) in [5.41, 5.74) is 6.65. The average Bonchev–Trinajstić information content (AvgIpc) is 2.56. The normalized spacial score (nSPS) is 20.2. The van der Waals surface area contributed by atoms with Gasteiger partial charge in [-0.3, -0.25) is 4.79 Å². The number of primary amides is 1. The van der Waals surface area contributed by atoms with Crippen LogP contribution in [0.15, 0.2) is 48.5 Å². The predicted octanol–water partition coefficient (Wildman–Crippen LogP) is 4.07. The molecule has 2 N–H and O–H groups in total. The van der Waals surface area contributed by atoms with Crippen LogP contribution in [0.25, 0.3) is 0 Å². The molecule has 25 heavy (non-hydrogen) atoms. The molecule has 3 nitrogen and oxygen atoms in total. The molecular formula is C19H19F3N2O. The smallest absolute Gasteiger partial charge is 0.369 e. The van der Waals surface area contributed by atoms with Crippen LogP contribution >= 0.6 is 0 Å². The minimum Gasteiger partial charge on any atom is -0.369 e. The fourth-order valence-corrected chi connectivity index (χ4v) is 3.51. The van der Waals surface area contributed by atoms with Crippen LogP contribution in [0.2, 0.25) is 0 Å². The van der Waals surface area contributed by atoms with Crippen molar-refractivity contribution >= 4 is 11.6 Å². The van der Waals surface area contributed by atoms with E-state index in [1.807, 2.05) is 36.1 Å². The topological polar surface area (TPSA) is 46.3 Å². The van der Waals surface area contributed by atoms with Gasteiger partial charge in [0.05, 0.1) is 11.5 Å². The quantitative estimate of drug-likeness (QED) is 0.909. The van der Waals surface area contributed by atoms with Crippen LogP contribution in [-0.2, 0) is 17.5 Å². The molecule has 2 aromatic carbocycles. The molecule has 1 aliphatic heterocycles.